The molecule has 0 spiro atoms. The summed E-state index contributed by atoms with van der Waals surface area (Å²) >= 11 is 0. The third kappa shape index (κ3) is 5.57. The van der Waals surface area contributed by atoms with Gasteiger partial charge < -0.3 is 4.90 Å². The molecule has 3 nitrogen and oxygen atoms in total. The fourth-order valence-electron chi connectivity index (χ4n) is 4.68. The van der Waals surface area contributed by atoms with Crippen LogP contribution in [0.2, 0.25) is 0 Å². The van der Waals surface area contributed by atoms with Crippen molar-refractivity contribution in [1.29, 1.82) is 0 Å². The van der Waals surface area contributed by atoms with Crippen LogP contribution in [0.5, 0.6) is 0 Å². The molecule has 0 radical (unpaired) electrons. The zero-order valence-corrected chi connectivity index (χ0v) is 17.6. The molecule has 3 heteroatoms. The molecule has 0 aromatic carbocycles. The van der Waals surface area contributed by atoms with Gasteiger partial charge in [0.2, 0.25) is 0 Å². The molecule has 1 saturated heterocycles. The van der Waals surface area contributed by atoms with Gasteiger partial charge in [-0.15, -0.1) is 0 Å². The summed E-state index contributed by atoms with van der Waals surface area (Å²) in [6.07, 6.45) is 13.8. The van der Waals surface area contributed by atoms with E-state index in [-0.39, 0.29) is 0 Å². The fraction of sp³-hybridized carbons (Fsp3) is 0.708. The molecular formula is C24H39N3. The van der Waals surface area contributed by atoms with Crippen molar-refractivity contribution < 1.29 is 0 Å². The van der Waals surface area contributed by atoms with Gasteiger partial charge in [0, 0.05) is 55.4 Å². The van der Waals surface area contributed by atoms with Crippen LogP contribution >= 0.6 is 0 Å². The van der Waals surface area contributed by atoms with E-state index >= 15 is 0 Å². The molecule has 0 bridgehead atoms. The van der Waals surface area contributed by atoms with Crippen LogP contribution in [0, 0.1) is 5.92 Å². The molecule has 1 aliphatic carbocycles. The number of hydrogen-bond acceptors (Lipinski definition) is 3. The van der Waals surface area contributed by atoms with Crippen LogP contribution in [0.15, 0.2) is 24.9 Å². The summed E-state index contributed by atoms with van der Waals surface area (Å²) < 4.78 is 0. The van der Waals surface area contributed by atoms with Gasteiger partial charge in [-0.05, 0) is 43.7 Å². The number of rotatable bonds is 9. The van der Waals surface area contributed by atoms with Crippen molar-refractivity contribution in [1.82, 2.24) is 14.8 Å². The average molecular weight is 370 g/mol. The summed E-state index contributed by atoms with van der Waals surface area (Å²) in [5.74, 6) is 0.782. The Morgan fingerprint density at radius 3 is 2.44 bits per heavy atom. The molecule has 27 heavy (non-hydrogen) atoms. The fourth-order valence-corrected chi connectivity index (χ4v) is 4.68. The van der Waals surface area contributed by atoms with Gasteiger partial charge >= 0.3 is 0 Å². The highest BCUT2D eigenvalue weighted by molar-refractivity contribution is 5.61. The Hall–Kier alpha value is -1.35. The predicted molar refractivity (Wildman–Crippen MR) is 116 cm³/mol. The summed E-state index contributed by atoms with van der Waals surface area (Å²) in [5, 5.41) is 0. The van der Waals surface area contributed by atoms with E-state index in [1.54, 1.807) is 0 Å². The first-order chi connectivity index (χ1) is 13.2. The Kier molecular flexibility index (Phi) is 7.75. The van der Waals surface area contributed by atoms with Crippen LogP contribution in [-0.2, 0) is 6.42 Å². The van der Waals surface area contributed by atoms with Gasteiger partial charge in [-0.1, -0.05) is 52.5 Å². The Morgan fingerprint density at radius 2 is 1.85 bits per heavy atom. The molecule has 1 aliphatic heterocycles. The molecule has 1 aromatic heterocycles. The third-order valence-electron chi connectivity index (χ3n) is 6.55. The summed E-state index contributed by atoms with van der Waals surface area (Å²) in [6, 6.07) is 5.34. The van der Waals surface area contributed by atoms with Crippen LogP contribution < -0.4 is 0 Å². The molecule has 1 saturated carbocycles. The molecule has 3 rings (SSSR count). The predicted octanol–water partition coefficient (Wildman–Crippen LogP) is 5.37. The maximum absolute atomic E-state index is 4.79. The average Bonchev–Trinajstić information content (AvgIpc) is 2.87. The highest BCUT2D eigenvalue weighted by atomic mass is 15.2. The Morgan fingerprint density at radius 1 is 1.07 bits per heavy atom. The standard InChI is InChI=1S/C24H39N3/c1-4-8-21(9-5-2)18-23-13-12-22(19-25-23)20(3)26-14-7-15-27(17-16-26)24-10-6-11-24/h12-13,19,21,24H,3-11,14-18H2,1-2H3. The molecule has 2 aliphatic rings. The van der Waals surface area contributed by atoms with Gasteiger partial charge in [0.05, 0.1) is 0 Å². The molecule has 2 heterocycles. The Bertz CT molecular complexity index is 570. The minimum Gasteiger partial charge on any atom is -0.370 e. The molecular weight excluding hydrogens is 330 g/mol. The molecule has 0 amide bonds. The lowest BCUT2D eigenvalue weighted by molar-refractivity contribution is 0.133. The van der Waals surface area contributed by atoms with Gasteiger partial charge in [0.15, 0.2) is 0 Å². The van der Waals surface area contributed by atoms with Crippen LogP contribution in [0.4, 0.5) is 0 Å². The second-order valence-electron chi connectivity index (χ2n) is 8.59. The topological polar surface area (TPSA) is 19.4 Å². The quantitative estimate of drug-likeness (QED) is 0.583. The number of nitrogens with zero attached hydrogens (tertiary/aromatic N) is 3. The molecule has 0 N–H and O–H groups in total. The van der Waals surface area contributed by atoms with Gasteiger partial charge in [0.25, 0.3) is 0 Å². The maximum Gasteiger partial charge on any atom is 0.0406 e. The third-order valence-corrected chi connectivity index (χ3v) is 6.55. The summed E-state index contributed by atoms with van der Waals surface area (Å²) in [4.78, 5) is 9.98. The van der Waals surface area contributed by atoms with Crippen molar-refractivity contribution >= 4 is 5.70 Å². The van der Waals surface area contributed by atoms with E-state index < -0.39 is 0 Å². The molecule has 0 atom stereocenters. The van der Waals surface area contributed by atoms with Crippen molar-refractivity contribution in [2.75, 3.05) is 26.2 Å². The smallest absolute Gasteiger partial charge is 0.0406 e. The molecule has 1 aromatic rings. The van der Waals surface area contributed by atoms with E-state index in [0.29, 0.717) is 0 Å². The zero-order chi connectivity index (χ0) is 19.1. The lowest BCUT2D eigenvalue weighted by Crippen LogP contribution is -2.42. The zero-order valence-electron chi connectivity index (χ0n) is 17.6. The van der Waals surface area contributed by atoms with Crippen molar-refractivity contribution in [3.05, 3.63) is 36.2 Å². The van der Waals surface area contributed by atoms with Gasteiger partial charge in [-0.25, -0.2) is 0 Å². The molecule has 150 valence electrons. The first-order valence-corrected chi connectivity index (χ1v) is 11.3. The Balaban J connectivity index is 1.55. The number of pyridine rings is 1. The van der Waals surface area contributed by atoms with E-state index in [2.05, 4.69) is 48.6 Å². The maximum atomic E-state index is 4.79. The first kappa shape index (κ1) is 20.4. The normalized spacial score (nSPS) is 19.1. The van der Waals surface area contributed by atoms with E-state index in [1.165, 1.54) is 75.7 Å². The second-order valence-corrected chi connectivity index (χ2v) is 8.59. The number of hydrogen-bond donors (Lipinski definition) is 0. The highest BCUT2D eigenvalue weighted by Crippen LogP contribution is 2.27. The van der Waals surface area contributed by atoms with E-state index in [0.717, 1.165) is 37.2 Å². The van der Waals surface area contributed by atoms with Crippen LogP contribution in [0.3, 0.4) is 0 Å². The molecule has 2 fully saturated rings. The van der Waals surface area contributed by atoms with Gasteiger partial charge in [-0.3, -0.25) is 9.88 Å². The largest absolute Gasteiger partial charge is 0.370 e. The highest BCUT2D eigenvalue weighted by Gasteiger charge is 2.26. The lowest BCUT2D eigenvalue weighted by Gasteiger charge is -2.36. The SMILES string of the molecule is C=C(c1ccc(CC(CCC)CCC)nc1)N1CCCN(C2CCC2)CC1. The summed E-state index contributed by atoms with van der Waals surface area (Å²) in [5.41, 5.74) is 3.59. The first-order valence-electron chi connectivity index (χ1n) is 11.3. The van der Waals surface area contributed by atoms with E-state index in [4.69, 9.17) is 4.98 Å². The monoisotopic (exact) mass is 369 g/mol. The van der Waals surface area contributed by atoms with Crippen LogP contribution in [-0.4, -0.2) is 47.0 Å². The summed E-state index contributed by atoms with van der Waals surface area (Å²) in [6.45, 7) is 13.7. The summed E-state index contributed by atoms with van der Waals surface area (Å²) in [7, 11) is 0. The Labute approximate surface area is 166 Å². The van der Waals surface area contributed by atoms with E-state index in [1.807, 2.05) is 0 Å². The van der Waals surface area contributed by atoms with Crippen molar-refractivity contribution in [2.45, 2.75) is 77.7 Å². The minimum atomic E-state index is 0.782. The van der Waals surface area contributed by atoms with Gasteiger partial charge in [-0.2, -0.15) is 0 Å². The van der Waals surface area contributed by atoms with E-state index in [9.17, 15) is 0 Å². The van der Waals surface area contributed by atoms with Gasteiger partial charge in [0.1, 0.15) is 0 Å². The van der Waals surface area contributed by atoms with Crippen molar-refractivity contribution in [3.63, 3.8) is 0 Å². The molecule has 0 unspecified atom stereocenters. The lowest BCUT2D eigenvalue weighted by atomic mass is 9.91. The van der Waals surface area contributed by atoms with Crippen molar-refractivity contribution in [3.8, 4) is 0 Å². The number of aromatic nitrogens is 1. The van der Waals surface area contributed by atoms with Crippen LogP contribution in [0.1, 0.15) is 76.5 Å². The van der Waals surface area contributed by atoms with Crippen LogP contribution in [0.25, 0.3) is 5.70 Å². The second kappa shape index (κ2) is 10.3. The minimum absolute atomic E-state index is 0.782. The van der Waals surface area contributed by atoms with Crippen molar-refractivity contribution in [2.24, 2.45) is 5.92 Å².